The normalized spacial score (nSPS) is 13.3. The molecule has 3 rings (SSSR count). The minimum Gasteiger partial charge on any atom is -0.491 e. The maximum absolute atomic E-state index is 12.7. The number of halogens is 4. The van der Waals surface area contributed by atoms with Crippen molar-refractivity contribution in [1.82, 2.24) is 9.55 Å². The zero-order chi connectivity index (χ0) is 19.6. The van der Waals surface area contributed by atoms with Crippen LogP contribution in [0.4, 0.5) is 23.4 Å². The van der Waals surface area contributed by atoms with Gasteiger partial charge in [-0.3, -0.25) is 9.59 Å². The first-order chi connectivity index (χ1) is 12.8. The van der Waals surface area contributed by atoms with Gasteiger partial charge in [-0.15, -0.1) is 0 Å². The summed E-state index contributed by atoms with van der Waals surface area (Å²) in [4.78, 5) is 28.0. The summed E-state index contributed by atoms with van der Waals surface area (Å²) < 4.78 is 60.3. The lowest BCUT2D eigenvalue weighted by atomic mass is 10.2. The highest BCUT2D eigenvalue weighted by atomic mass is 19.4. The second-order valence-electron chi connectivity index (χ2n) is 5.52. The molecule has 7 nitrogen and oxygen atoms in total. The number of alkyl halides is 4. The van der Waals surface area contributed by atoms with Gasteiger partial charge in [0.1, 0.15) is 24.8 Å². The van der Waals surface area contributed by atoms with Crippen LogP contribution < -0.4 is 20.3 Å². The number of amides is 1. The fourth-order valence-corrected chi connectivity index (χ4v) is 2.45. The van der Waals surface area contributed by atoms with Gasteiger partial charge >= 0.3 is 12.2 Å². The number of aromatic nitrogens is 2. The molecule has 1 aliphatic rings. The minimum absolute atomic E-state index is 0.0251. The van der Waals surface area contributed by atoms with E-state index in [1.807, 2.05) is 0 Å². The summed E-state index contributed by atoms with van der Waals surface area (Å²) >= 11 is 0. The summed E-state index contributed by atoms with van der Waals surface area (Å²) in [6, 6.07) is 4.99. The Kier molecular flexibility index (Phi) is 5.02. The number of fused-ring (bicyclic) bond motifs is 1. The highest BCUT2D eigenvalue weighted by Crippen LogP contribution is 2.25. The van der Waals surface area contributed by atoms with Crippen LogP contribution in [0.15, 0.2) is 29.1 Å². The Morgan fingerprint density at radius 3 is 2.48 bits per heavy atom. The number of nitrogens with zero attached hydrogens (tertiary/aromatic N) is 2. The smallest absolute Gasteiger partial charge is 0.422 e. The molecule has 0 saturated heterocycles. The number of ether oxygens (including phenoxy) is 2. The van der Waals surface area contributed by atoms with E-state index in [0.717, 1.165) is 4.57 Å². The molecule has 0 aliphatic carbocycles. The van der Waals surface area contributed by atoms with Gasteiger partial charge in [-0.1, -0.05) is 0 Å². The lowest BCUT2D eigenvalue weighted by Gasteiger charge is -2.15. The van der Waals surface area contributed by atoms with E-state index in [4.69, 9.17) is 4.74 Å². The number of carbonyl (C=O) groups excluding carboxylic acids is 1. The van der Waals surface area contributed by atoms with Gasteiger partial charge in [0.05, 0.1) is 17.7 Å². The van der Waals surface area contributed by atoms with Crippen LogP contribution in [0.2, 0.25) is 0 Å². The molecule has 11 heteroatoms. The molecule has 27 heavy (non-hydrogen) atoms. The summed E-state index contributed by atoms with van der Waals surface area (Å²) in [5, 5.41) is 2.31. The largest absolute Gasteiger partial charge is 0.491 e. The Balaban J connectivity index is 2.03. The molecule has 0 unspecified atom stereocenters. The molecule has 0 radical (unpaired) electrons. The highest BCUT2D eigenvalue weighted by molar-refractivity contribution is 5.97. The van der Waals surface area contributed by atoms with E-state index >= 15 is 0 Å². The molecule has 0 spiro atoms. The van der Waals surface area contributed by atoms with E-state index in [0.29, 0.717) is 5.75 Å². The Labute approximate surface area is 149 Å². The van der Waals surface area contributed by atoms with Gasteiger partial charge in [0.2, 0.25) is 5.91 Å². The Morgan fingerprint density at radius 2 is 1.85 bits per heavy atom. The van der Waals surface area contributed by atoms with Gasteiger partial charge in [0.25, 0.3) is 5.56 Å². The number of rotatable bonds is 6. The molecule has 1 aromatic carbocycles. The SMILES string of the molecule is O=C1Cc2c(nc(OCC(F)(F)F)n(-c3ccc(OCCF)cc3)c2=O)N1. The first-order valence-electron chi connectivity index (χ1n) is 7.73. The Hall–Kier alpha value is -3.11. The van der Waals surface area contributed by atoms with Crippen LogP contribution in [-0.2, 0) is 11.2 Å². The van der Waals surface area contributed by atoms with Gasteiger partial charge in [0, 0.05) is 0 Å². The van der Waals surface area contributed by atoms with E-state index in [1.54, 1.807) is 0 Å². The summed E-state index contributed by atoms with van der Waals surface area (Å²) in [7, 11) is 0. The molecule has 0 bridgehead atoms. The summed E-state index contributed by atoms with van der Waals surface area (Å²) in [6.07, 6.45) is -4.88. The fraction of sp³-hybridized carbons (Fsp3) is 0.312. The fourth-order valence-electron chi connectivity index (χ4n) is 2.45. The van der Waals surface area contributed by atoms with Gasteiger partial charge in [-0.25, -0.2) is 8.96 Å². The lowest BCUT2D eigenvalue weighted by molar-refractivity contribution is -0.155. The average molecular weight is 387 g/mol. The molecule has 0 saturated carbocycles. The third kappa shape index (κ3) is 4.18. The molecule has 1 amide bonds. The highest BCUT2D eigenvalue weighted by Gasteiger charge is 2.31. The topological polar surface area (TPSA) is 82.4 Å². The zero-order valence-corrected chi connectivity index (χ0v) is 13.7. The van der Waals surface area contributed by atoms with Gasteiger partial charge in [-0.05, 0) is 24.3 Å². The van der Waals surface area contributed by atoms with Crippen molar-refractivity contribution >= 4 is 11.7 Å². The molecular weight excluding hydrogens is 374 g/mol. The van der Waals surface area contributed by atoms with Crippen LogP contribution in [0.1, 0.15) is 5.56 Å². The van der Waals surface area contributed by atoms with Crippen LogP contribution >= 0.6 is 0 Å². The van der Waals surface area contributed by atoms with Crippen molar-refractivity contribution < 1.29 is 31.8 Å². The van der Waals surface area contributed by atoms with Crippen molar-refractivity contribution in [1.29, 1.82) is 0 Å². The first kappa shape index (κ1) is 18.7. The van der Waals surface area contributed by atoms with E-state index in [2.05, 4.69) is 15.0 Å². The summed E-state index contributed by atoms with van der Waals surface area (Å²) in [5.74, 6) is -0.307. The maximum Gasteiger partial charge on any atom is 0.422 e. The number of hydrogen-bond acceptors (Lipinski definition) is 5. The van der Waals surface area contributed by atoms with Gasteiger partial charge in [-0.2, -0.15) is 18.2 Å². The third-order valence-corrected chi connectivity index (χ3v) is 3.55. The van der Waals surface area contributed by atoms with Crippen LogP contribution in [0.3, 0.4) is 0 Å². The van der Waals surface area contributed by atoms with E-state index in [-0.39, 0.29) is 30.1 Å². The predicted octanol–water partition coefficient (Wildman–Crippen LogP) is 2.02. The van der Waals surface area contributed by atoms with E-state index in [9.17, 15) is 27.2 Å². The van der Waals surface area contributed by atoms with E-state index in [1.165, 1.54) is 24.3 Å². The molecule has 144 valence electrons. The number of anilines is 1. The van der Waals surface area contributed by atoms with Gasteiger partial charge < -0.3 is 14.8 Å². The average Bonchev–Trinajstić information content (AvgIpc) is 2.99. The molecule has 0 atom stereocenters. The lowest BCUT2D eigenvalue weighted by Crippen LogP contribution is -2.28. The molecule has 2 heterocycles. The van der Waals surface area contributed by atoms with Crippen LogP contribution in [0.5, 0.6) is 11.8 Å². The Morgan fingerprint density at radius 1 is 1.15 bits per heavy atom. The van der Waals surface area contributed by atoms with Crippen molar-refractivity contribution in [3.8, 4) is 17.4 Å². The molecule has 1 aromatic heterocycles. The molecule has 1 aliphatic heterocycles. The predicted molar refractivity (Wildman–Crippen MR) is 85.2 cm³/mol. The first-order valence-corrected chi connectivity index (χ1v) is 7.73. The van der Waals surface area contributed by atoms with Crippen molar-refractivity contribution in [3.05, 3.63) is 40.2 Å². The minimum atomic E-state index is -4.64. The quantitative estimate of drug-likeness (QED) is 0.767. The molecule has 0 fully saturated rings. The summed E-state index contributed by atoms with van der Waals surface area (Å²) in [6.45, 7) is -2.51. The van der Waals surface area contributed by atoms with Crippen molar-refractivity contribution in [3.63, 3.8) is 0 Å². The molecular formula is C16H13F4N3O4. The monoisotopic (exact) mass is 387 g/mol. The standard InChI is InChI=1S/C16H13F4N3O4/c17-5-6-26-10-3-1-9(2-4-10)23-14(25)11-7-12(24)21-13(11)22-15(23)27-8-16(18,19)20/h1-4H,5-8H2,(H,21,24). The van der Waals surface area contributed by atoms with Crippen LogP contribution in [-0.4, -0.2) is 41.5 Å². The van der Waals surface area contributed by atoms with E-state index < -0.39 is 36.9 Å². The maximum atomic E-state index is 12.7. The van der Waals surface area contributed by atoms with Crippen LogP contribution in [0.25, 0.3) is 5.69 Å². The Bertz CT molecular complexity index is 910. The number of nitrogens with one attached hydrogen (secondary N) is 1. The molecule has 1 N–H and O–H groups in total. The number of hydrogen-bond donors (Lipinski definition) is 1. The summed E-state index contributed by atoms with van der Waals surface area (Å²) in [5.41, 5.74) is -0.551. The number of benzene rings is 1. The second kappa shape index (κ2) is 7.25. The van der Waals surface area contributed by atoms with Gasteiger partial charge in [0.15, 0.2) is 6.61 Å². The second-order valence-corrected chi connectivity index (χ2v) is 5.52. The molecule has 2 aromatic rings. The zero-order valence-electron chi connectivity index (χ0n) is 13.7. The van der Waals surface area contributed by atoms with Crippen LogP contribution in [0, 0.1) is 0 Å². The van der Waals surface area contributed by atoms with Crippen molar-refractivity contribution in [2.24, 2.45) is 0 Å². The van der Waals surface area contributed by atoms with Crippen molar-refractivity contribution in [2.75, 3.05) is 25.2 Å². The number of carbonyl (C=O) groups is 1. The third-order valence-electron chi connectivity index (χ3n) is 3.55. The van der Waals surface area contributed by atoms with Crippen molar-refractivity contribution in [2.45, 2.75) is 12.6 Å².